The Morgan fingerprint density at radius 3 is 2.43 bits per heavy atom. The molecule has 0 saturated carbocycles. The number of anilines is 2. The molecule has 1 aromatic heterocycles. The van der Waals surface area contributed by atoms with E-state index in [4.69, 9.17) is 14.2 Å². The molecule has 1 heterocycles. The number of nitrogens with one attached hydrogen (secondary N) is 2. The van der Waals surface area contributed by atoms with E-state index in [9.17, 15) is 0 Å². The zero-order chi connectivity index (χ0) is 16.3. The Kier molecular flexibility index (Phi) is 6.86. The van der Waals surface area contributed by atoms with Crippen molar-refractivity contribution >= 4 is 11.8 Å². The van der Waals surface area contributed by atoms with Crippen LogP contribution in [0.3, 0.4) is 0 Å². The van der Waals surface area contributed by atoms with Gasteiger partial charge in [-0.2, -0.15) is 10.1 Å². The molecule has 0 atom stereocenters. The third-order valence-electron chi connectivity index (χ3n) is 2.88. The topological polar surface area (TPSA) is 90.4 Å². The van der Waals surface area contributed by atoms with Crippen LogP contribution >= 0.6 is 0 Å². The van der Waals surface area contributed by atoms with Crippen LogP contribution in [0.15, 0.2) is 30.5 Å². The second-order valence-electron chi connectivity index (χ2n) is 4.54. The summed E-state index contributed by atoms with van der Waals surface area (Å²) in [6, 6.07) is 7.44. The summed E-state index contributed by atoms with van der Waals surface area (Å²) < 4.78 is 15.7. The lowest BCUT2D eigenvalue weighted by molar-refractivity contribution is 0.210. The minimum atomic E-state index is 0.461. The molecular weight excluding hydrogens is 298 g/mol. The van der Waals surface area contributed by atoms with Crippen LogP contribution in [0, 0.1) is 0 Å². The van der Waals surface area contributed by atoms with Gasteiger partial charge in [-0.1, -0.05) is 0 Å². The highest BCUT2D eigenvalue weighted by Crippen LogP contribution is 2.16. The van der Waals surface area contributed by atoms with Gasteiger partial charge >= 0.3 is 0 Å². The number of hydrogen-bond donors (Lipinski definition) is 2. The average Bonchev–Trinajstić information content (AvgIpc) is 2.60. The van der Waals surface area contributed by atoms with Crippen LogP contribution in [0.2, 0.25) is 0 Å². The molecule has 0 saturated heterocycles. The molecule has 0 aliphatic carbocycles. The molecule has 0 unspecified atom stereocenters. The standard InChI is InChI=1S/C15H21N5O3/c1-21-9-7-17-15-19-14(11-18-20-15)16-8-10-23-13-5-3-12(22-2)4-6-13/h3-6,11H,7-10H2,1-2H3,(H2,16,17,19,20). The third-order valence-corrected chi connectivity index (χ3v) is 2.88. The van der Waals surface area contributed by atoms with Gasteiger partial charge in [0.2, 0.25) is 5.95 Å². The molecule has 23 heavy (non-hydrogen) atoms. The van der Waals surface area contributed by atoms with Gasteiger partial charge in [0.05, 0.1) is 26.5 Å². The van der Waals surface area contributed by atoms with Crippen molar-refractivity contribution in [1.82, 2.24) is 15.2 Å². The highest BCUT2D eigenvalue weighted by atomic mass is 16.5. The molecule has 2 N–H and O–H groups in total. The van der Waals surface area contributed by atoms with Crippen molar-refractivity contribution < 1.29 is 14.2 Å². The summed E-state index contributed by atoms with van der Waals surface area (Å²) in [5, 5.41) is 13.9. The number of methoxy groups -OCH3 is 2. The second kappa shape index (κ2) is 9.42. The normalized spacial score (nSPS) is 10.2. The Morgan fingerprint density at radius 1 is 0.957 bits per heavy atom. The molecule has 2 aromatic rings. The fraction of sp³-hybridized carbons (Fsp3) is 0.400. The molecule has 8 heteroatoms. The van der Waals surface area contributed by atoms with E-state index in [2.05, 4.69) is 25.8 Å². The Morgan fingerprint density at radius 2 is 1.70 bits per heavy atom. The zero-order valence-electron chi connectivity index (χ0n) is 13.3. The smallest absolute Gasteiger partial charge is 0.244 e. The summed E-state index contributed by atoms with van der Waals surface area (Å²) in [4.78, 5) is 4.29. The third kappa shape index (κ3) is 5.95. The summed E-state index contributed by atoms with van der Waals surface area (Å²) in [6.07, 6.45) is 1.56. The van der Waals surface area contributed by atoms with Gasteiger partial charge in [0, 0.05) is 13.7 Å². The van der Waals surface area contributed by atoms with E-state index in [-0.39, 0.29) is 0 Å². The van der Waals surface area contributed by atoms with E-state index in [1.165, 1.54) is 0 Å². The van der Waals surface area contributed by atoms with Gasteiger partial charge in [-0.25, -0.2) is 0 Å². The highest BCUT2D eigenvalue weighted by Gasteiger charge is 2.00. The lowest BCUT2D eigenvalue weighted by Gasteiger charge is -2.09. The Labute approximate surface area is 135 Å². The maximum Gasteiger partial charge on any atom is 0.244 e. The van der Waals surface area contributed by atoms with Crippen LogP contribution in [0.25, 0.3) is 0 Å². The van der Waals surface area contributed by atoms with Gasteiger partial charge in [-0.05, 0) is 24.3 Å². The molecule has 0 spiro atoms. The van der Waals surface area contributed by atoms with Crippen LogP contribution in [0.1, 0.15) is 0 Å². The van der Waals surface area contributed by atoms with Gasteiger partial charge in [0.15, 0.2) is 5.82 Å². The summed E-state index contributed by atoms with van der Waals surface area (Å²) in [5.74, 6) is 2.69. The van der Waals surface area contributed by atoms with Crippen molar-refractivity contribution in [2.75, 3.05) is 51.2 Å². The molecular formula is C15H21N5O3. The minimum absolute atomic E-state index is 0.461. The first-order valence-electron chi connectivity index (χ1n) is 7.25. The van der Waals surface area contributed by atoms with Crippen molar-refractivity contribution in [3.05, 3.63) is 30.5 Å². The minimum Gasteiger partial charge on any atom is -0.497 e. The number of nitrogens with zero attached hydrogens (tertiary/aromatic N) is 3. The molecule has 0 radical (unpaired) electrons. The maximum atomic E-state index is 5.62. The van der Waals surface area contributed by atoms with Crippen LogP contribution < -0.4 is 20.1 Å². The lowest BCUT2D eigenvalue weighted by Crippen LogP contribution is -2.15. The molecule has 0 aliphatic heterocycles. The number of benzene rings is 1. The largest absolute Gasteiger partial charge is 0.497 e. The first-order valence-corrected chi connectivity index (χ1v) is 7.25. The first kappa shape index (κ1) is 16.8. The van der Waals surface area contributed by atoms with Crippen molar-refractivity contribution in [3.63, 3.8) is 0 Å². The van der Waals surface area contributed by atoms with Crippen LogP contribution in [0.5, 0.6) is 11.5 Å². The van der Waals surface area contributed by atoms with E-state index < -0.39 is 0 Å². The van der Waals surface area contributed by atoms with E-state index in [0.29, 0.717) is 38.1 Å². The quantitative estimate of drug-likeness (QED) is 0.636. The second-order valence-corrected chi connectivity index (χ2v) is 4.54. The number of ether oxygens (including phenoxy) is 3. The van der Waals surface area contributed by atoms with Crippen molar-refractivity contribution in [2.45, 2.75) is 0 Å². The van der Waals surface area contributed by atoms with Crippen molar-refractivity contribution in [3.8, 4) is 11.5 Å². The fourth-order valence-corrected chi connectivity index (χ4v) is 1.75. The highest BCUT2D eigenvalue weighted by molar-refractivity contribution is 5.37. The van der Waals surface area contributed by atoms with Gasteiger partial charge in [0.1, 0.15) is 18.1 Å². The van der Waals surface area contributed by atoms with Gasteiger partial charge in [0.25, 0.3) is 0 Å². The summed E-state index contributed by atoms with van der Waals surface area (Å²) in [6.45, 7) is 2.31. The number of hydrogen-bond acceptors (Lipinski definition) is 8. The van der Waals surface area contributed by atoms with E-state index in [0.717, 1.165) is 11.5 Å². The van der Waals surface area contributed by atoms with Crippen LogP contribution in [0.4, 0.5) is 11.8 Å². The van der Waals surface area contributed by atoms with Crippen molar-refractivity contribution in [2.24, 2.45) is 0 Å². The molecule has 1 aromatic carbocycles. The predicted molar refractivity (Wildman–Crippen MR) is 87.2 cm³/mol. The summed E-state index contributed by atoms with van der Waals surface area (Å²) in [5.41, 5.74) is 0. The molecule has 0 bridgehead atoms. The number of rotatable bonds is 10. The van der Waals surface area contributed by atoms with E-state index in [1.807, 2.05) is 24.3 Å². The molecule has 0 aliphatic rings. The van der Waals surface area contributed by atoms with E-state index >= 15 is 0 Å². The number of aromatic nitrogens is 3. The maximum absolute atomic E-state index is 5.62. The van der Waals surface area contributed by atoms with Gasteiger partial charge in [-0.15, -0.1) is 5.10 Å². The lowest BCUT2D eigenvalue weighted by atomic mass is 10.3. The van der Waals surface area contributed by atoms with Crippen LogP contribution in [-0.2, 0) is 4.74 Å². The van der Waals surface area contributed by atoms with Gasteiger partial charge < -0.3 is 24.8 Å². The Bertz CT molecular complexity index is 580. The van der Waals surface area contributed by atoms with Crippen molar-refractivity contribution in [1.29, 1.82) is 0 Å². The van der Waals surface area contributed by atoms with E-state index in [1.54, 1.807) is 20.4 Å². The fourth-order valence-electron chi connectivity index (χ4n) is 1.75. The average molecular weight is 319 g/mol. The zero-order valence-corrected chi connectivity index (χ0v) is 13.3. The Balaban J connectivity index is 1.71. The predicted octanol–water partition coefficient (Wildman–Crippen LogP) is 1.43. The SMILES string of the molecule is COCCNc1nncc(NCCOc2ccc(OC)cc2)n1. The van der Waals surface area contributed by atoms with Gasteiger partial charge in [-0.3, -0.25) is 0 Å². The molecule has 0 amide bonds. The molecule has 0 fully saturated rings. The Hall–Kier alpha value is -2.61. The first-order chi connectivity index (χ1) is 11.3. The molecule has 8 nitrogen and oxygen atoms in total. The molecule has 124 valence electrons. The van der Waals surface area contributed by atoms with Crippen LogP contribution in [-0.4, -0.2) is 55.7 Å². The molecule has 2 rings (SSSR count). The summed E-state index contributed by atoms with van der Waals surface area (Å²) >= 11 is 0. The summed E-state index contributed by atoms with van der Waals surface area (Å²) in [7, 11) is 3.27. The monoisotopic (exact) mass is 319 g/mol.